The van der Waals surface area contributed by atoms with E-state index in [1.807, 2.05) is 0 Å². The van der Waals surface area contributed by atoms with E-state index >= 15 is 0 Å². The van der Waals surface area contributed by atoms with Crippen molar-refractivity contribution in [3.8, 4) is 0 Å². The quantitative estimate of drug-likeness (QED) is 0.664. The number of benzene rings is 1. The molecule has 0 saturated heterocycles. The summed E-state index contributed by atoms with van der Waals surface area (Å²) in [6, 6.07) is 7.03. The van der Waals surface area contributed by atoms with Crippen LogP contribution in [0.2, 0.25) is 0 Å². The minimum absolute atomic E-state index is 0.00918. The molecular formula is C15H19NO5. The van der Waals surface area contributed by atoms with Crippen LogP contribution in [-0.2, 0) is 14.4 Å². The molecule has 0 aliphatic rings. The highest BCUT2D eigenvalue weighted by molar-refractivity contribution is 5.87. The van der Waals surface area contributed by atoms with Crippen molar-refractivity contribution in [3.05, 3.63) is 35.9 Å². The number of rotatable bonds is 8. The van der Waals surface area contributed by atoms with Gasteiger partial charge >= 0.3 is 5.97 Å². The van der Waals surface area contributed by atoms with Crippen molar-refractivity contribution >= 4 is 17.7 Å². The molecule has 6 nitrogen and oxygen atoms in total. The number of hydrogen-bond acceptors (Lipinski definition) is 4. The summed E-state index contributed by atoms with van der Waals surface area (Å²) in [5.41, 5.74) is 0.378. The van der Waals surface area contributed by atoms with Crippen LogP contribution in [0.15, 0.2) is 30.3 Å². The molecule has 6 heteroatoms. The lowest BCUT2D eigenvalue weighted by atomic mass is 10.1. The Balaban J connectivity index is 2.64. The van der Waals surface area contributed by atoms with Gasteiger partial charge in [0.1, 0.15) is 11.8 Å². The van der Waals surface area contributed by atoms with Crippen LogP contribution in [0, 0.1) is 0 Å². The van der Waals surface area contributed by atoms with Gasteiger partial charge < -0.3 is 15.5 Å². The van der Waals surface area contributed by atoms with Gasteiger partial charge in [0.05, 0.1) is 0 Å². The number of ketones is 1. The third-order valence-electron chi connectivity index (χ3n) is 3.08. The maximum absolute atomic E-state index is 11.9. The summed E-state index contributed by atoms with van der Waals surface area (Å²) in [5, 5.41) is 21.2. The van der Waals surface area contributed by atoms with Crippen molar-refractivity contribution < 1.29 is 24.6 Å². The molecule has 1 amide bonds. The number of aliphatic hydroxyl groups is 1. The summed E-state index contributed by atoms with van der Waals surface area (Å²) in [6.45, 7) is 1.69. The molecule has 3 N–H and O–H groups in total. The highest BCUT2D eigenvalue weighted by atomic mass is 16.4. The summed E-state index contributed by atoms with van der Waals surface area (Å²) in [7, 11) is 0. The molecule has 0 heterocycles. The van der Waals surface area contributed by atoms with Gasteiger partial charge in [-0.1, -0.05) is 37.3 Å². The summed E-state index contributed by atoms with van der Waals surface area (Å²) in [4.78, 5) is 34.2. The van der Waals surface area contributed by atoms with Crippen molar-refractivity contribution in [2.75, 3.05) is 0 Å². The number of nitrogens with one attached hydrogen (secondary N) is 1. The molecule has 0 unspecified atom stereocenters. The van der Waals surface area contributed by atoms with E-state index in [0.29, 0.717) is 12.0 Å². The van der Waals surface area contributed by atoms with E-state index in [2.05, 4.69) is 5.32 Å². The molecule has 0 fully saturated rings. The van der Waals surface area contributed by atoms with Crippen molar-refractivity contribution in [3.63, 3.8) is 0 Å². The molecule has 0 saturated carbocycles. The van der Waals surface area contributed by atoms with E-state index in [0.717, 1.165) is 0 Å². The second kappa shape index (κ2) is 8.16. The Morgan fingerprint density at radius 3 is 2.33 bits per heavy atom. The summed E-state index contributed by atoms with van der Waals surface area (Å²) in [6.07, 6.45) is -1.02. The van der Waals surface area contributed by atoms with E-state index in [9.17, 15) is 19.5 Å². The van der Waals surface area contributed by atoms with Crippen LogP contribution in [0.1, 0.15) is 37.9 Å². The molecule has 0 radical (unpaired) electrons. The third-order valence-corrected chi connectivity index (χ3v) is 3.08. The van der Waals surface area contributed by atoms with Gasteiger partial charge in [0.15, 0.2) is 6.10 Å². The lowest BCUT2D eigenvalue weighted by Gasteiger charge is -2.17. The standard InChI is InChI=1S/C15H19NO5/c1-2-11(17)8-9-12(15(20)21)16-14(19)13(18)10-6-4-3-5-7-10/h3-7,12-13,18H,2,8-9H2,1H3,(H,16,19)(H,20,21)/t12-,13-/m0/s1. The van der Waals surface area contributed by atoms with Crippen LogP contribution >= 0.6 is 0 Å². The van der Waals surface area contributed by atoms with E-state index in [-0.39, 0.29) is 18.6 Å². The second-order valence-corrected chi connectivity index (χ2v) is 4.64. The van der Waals surface area contributed by atoms with Gasteiger partial charge in [-0.15, -0.1) is 0 Å². The molecule has 1 aromatic rings. The van der Waals surface area contributed by atoms with E-state index in [1.54, 1.807) is 37.3 Å². The molecule has 0 aliphatic carbocycles. The zero-order chi connectivity index (χ0) is 15.8. The Hall–Kier alpha value is -2.21. The Morgan fingerprint density at radius 2 is 1.81 bits per heavy atom. The zero-order valence-corrected chi connectivity index (χ0v) is 11.8. The first-order valence-corrected chi connectivity index (χ1v) is 6.73. The Kier molecular flexibility index (Phi) is 6.55. The highest BCUT2D eigenvalue weighted by Crippen LogP contribution is 2.13. The van der Waals surface area contributed by atoms with Crippen LogP contribution in [0.3, 0.4) is 0 Å². The normalized spacial score (nSPS) is 13.2. The predicted molar refractivity (Wildman–Crippen MR) is 75.5 cm³/mol. The largest absolute Gasteiger partial charge is 0.480 e. The topological polar surface area (TPSA) is 104 Å². The number of aliphatic hydroxyl groups excluding tert-OH is 1. The van der Waals surface area contributed by atoms with Crippen molar-refractivity contribution in [1.29, 1.82) is 0 Å². The molecule has 2 atom stereocenters. The lowest BCUT2D eigenvalue weighted by molar-refractivity contribution is -0.143. The average Bonchev–Trinajstić information content (AvgIpc) is 2.50. The maximum Gasteiger partial charge on any atom is 0.326 e. The Bertz CT molecular complexity index is 500. The van der Waals surface area contributed by atoms with Crippen LogP contribution in [0.4, 0.5) is 0 Å². The number of carbonyl (C=O) groups excluding carboxylic acids is 2. The van der Waals surface area contributed by atoms with Crippen molar-refractivity contribution in [2.24, 2.45) is 0 Å². The van der Waals surface area contributed by atoms with Gasteiger partial charge in [0, 0.05) is 12.8 Å². The molecular weight excluding hydrogens is 274 g/mol. The van der Waals surface area contributed by atoms with Gasteiger partial charge in [-0.25, -0.2) is 4.79 Å². The van der Waals surface area contributed by atoms with Gasteiger partial charge in [0.25, 0.3) is 5.91 Å². The molecule has 1 rings (SSSR count). The molecule has 0 aliphatic heterocycles. The van der Waals surface area contributed by atoms with Crippen LogP contribution in [-0.4, -0.2) is 33.9 Å². The van der Waals surface area contributed by atoms with E-state index in [1.165, 1.54) is 0 Å². The Morgan fingerprint density at radius 1 is 1.19 bits per heavy atom. The van der Waals surface area contributed by atoms with Gasteiger partial charge in [0.2, 0.25) is 0 Å². The van der Waals surface area contributed by atoms with Gasteiger partial charge in [-0.2, -0.15) is 0 Å². The first kappa shape index (κ1) is 16.8. The molecule has 1 aromatic carbocycles. The number of carboxylic acid groups (broad SMARTS) is 1. The lowest BCUT2D eigenvalue weighted by Crippen LogP contribution is -2.43. The monoisotopic (exact) mass is 293 g/mol. The molecule has 114 valence electrons. The van der Waals surface area contributed by atoms with Crippen molar-refractivity contribution in [1.82, 2.24) is 5.32 Å². The van der Waals surface area contributed by atoms with Gasteiger partial charge in [-0.3, -0.25) is 9.59 Å². The zero-order valence-electron chi connectivity index (χ0n) is 11.8. The van der Waals surface area contributed by atoms with Crippen LogP contribution in [0.5, 0.6) is 0 Å². The molecule has 0 aromatic heterocycles. The maximum atomic E-state index is 11.9. The third kappa shape index (κ3) is 5.35. The van der Waals surface area contributed by atoms with E-state index in [4.69, 9.17) is 5.11 Å². The number of hydrogen-bond donors (Lipinski definition) is 3. The summed E-state index contributed by atoms with van der Waals surface area (Å²) >= 11 is 0. The fraction of sp³-hybridized carbons (Fsp3) is 0.400. The number of carbonyl (C=O) groups is 3. The summed E-state index contributed by atoms with van der Waals surface area (Å²) in [5.74, 6) is -2.09. The number of aliphatic carboxylic acids is 1. The van der Waals surface area contributed by atoms with E-state index < -0.39 is 24.0 Å². The van der Waals surface area contributed by atoms with Crippen LogP contribution < -0.4 is 5.32 Å². The minimum Gasteiger partial charge on any atom is -0.480 e. The van der Waals surface area contributed by atoms with Gasteiger partial charge in [-0.05, 0) is 12.0 Å². The number of amides is 1. The predicted octanol–water partition coefficient (Wildman–Crippen LogP) is 1.05. The highest BCUT2D eigenvalue weighted by Gasteiger charge is 2.25. The fourth-order valence-corrected chi connectivity index (χ4v) is 1.78. The smallest absolute Gasteiger partial charge is 0.326 e. The average molecular weight is 293 g/mol. The minimum atomic E-state index is -1.44. The molecule has 0 spiro atoms. The van der Waals surface area contributed by atoms with Crippen molar-refractivity contribution in [2.45, 2.75) is 38.3 Å². The first-order valence-electron chi connectivity index (χ1n) is 6.73. The van der Waals surface area contributed by atoms with Crippen LogP contribution in [0.25, 0.3) is 0 Å². The second-order valence-electron chi connectivity index (χ2n) is 4.64. The number of Topliss-reactive ketones (excluding diaryl/α,β-unsaturated/α-hetero) is 1. The molecule has 21 heavy (non-hydrogen) atoms. The Labute approximate surface area is 122 Å². The SMILES string of the molecule is CCC(=O)CC[C@H](NC(=O)[C@@H](O)c1ccccc1)C(=O)O. The summed E-state index contributed by atoms with van der Waals surface area (Å²) < 4.78 is 0. The first-order chi connectivity index (χ1) is 9.95. The fourth-order valence-electron chi connectivity index (χ4n) is 1.78. The molecule has 0 bridgehead atoms. The number of carboxylic acids is 1.